The lowest BCUT2D eigenvalue weighted by molar-refractivity contribution is -0.286. The van der Waals surface area contributed by atoms with Gasteiger partial charge in [-0.3, -0.25) is 9.59 Å². The molecule has 180 valence electrons. The van der Waals surface area contributed by atoms with Gasteiger partial charge in [0.1, 0.15) is 5.82 Å². The van der Waals surface area contributed by atoms with Crippen LogP contribution in [0.5, 0.6) is 11.5 Å². The molecule has 9 heteroatoms. The smallest absolute Gasteiger partial charge is 0.395 e. The number of aryl methyl sites for hydroxylation is 1. The molecule has 1 aliphatic heterocycles. The van der Waals surface area contributed by atoms with Gasteiger partial charge in [0.25, 0.3) is 0 Å². The Bertz CT molecular complexity index is 1320. The van der Waals surface area contributed by atoms with Gasteiger partial charge in [0, 0.05) is 19.0 Å². The maximum Gasteiger partial charge on any atom is 0.586 e. The van der Waals surface area contributed by atoms with Crippen molar-refractivity contribution >= 4 is 17.6 Å². The molecule has 1 saturated carbocycles. The first-order valence-corrected chi connectivity index (χ1v) is 11.2. The number of alkyl halides is 2. The highest BCUT2D eigenvalue weighted by atomic mass is 19.3. The van der Waals surface area contributed by atoms with E-state index in [1.807, 2.05) is 37.3 Å². The molecule has 0 saturated heterocycles. The molecule has 0 spiro atoms. The zero-order valence-electron chi connectivity index (χ0n) is 19.2. The van der Waals surface area contributed by atoms with E-state index < -0.39 is 11.7 Å². The van der Waals surface area contributed by atoms with Crippen LogP contribution < -0.4 is 20.1 Å². The molecule has 7 nitrogen and oxygen atoms in total. The van der Waals surface area contributed by atoms with Gasteiger partial charge < -0.3 is 20.1 Å². The summed E-state index contributed by atoms with van der Waals surface area (Å²) in [6, 6.07) is 15.7. The van der Waals surface area contributed by atoms with Crippen molar-refractivity contribution in [1.29, 1.82) is 0 Å². The van der Waals surface area contributed by atoms with Gasteiger partial charge in [-0.2, -0.15) is 0 Å². The number of anilines is 1. The van der Waals surface area contributed by atoms with E-state index in [1.54, 1.807) is 12.1 Å². The van der Waals surface area contributed by atoms with Crippen molar-refractivity contribution in [1.82, 2.24) is 10.3 Å². The van der Waals surface area contributed by atoms with Crippen LogP contribution in [0.1, 0.15) is 36.5 Å². The fourth-order valence-electron chi connectivity index (χ4n) is 4.15. The van der Waals surface area contributed by atoms with Crippen molar-refractivity contribution < 1.29 is 27.8 Å². The minimum Gasteiger partial charge on any atom is -0.395 e. The van der Waals surface area contributed by atoms with Crippen molar-refractivity contribution in [3.05, 3.63) is 71.3 Å². The van der Waals surface area contributed by atoms with Gasteiger partial charge >= 0.3 is 6.29 Å². The van der Waals surface area contributed by atoms with Crippen molar-refractivity contribution in [2.24, 2.45) is 0 Å². The maximum atomic E-state index is 13.4. The van der Waals surface area contributed by atoms with Crippen LogP contribution in [0.15, 0.2) is 54.6 Å². The number of nitrogens with zero attached hydrogens (tertiary/aromatic N) is 1. The number of benzene rings is 2. The van der Waals surface area contributed by atoms with Gasteiger partial charge in [0.05, 0.1) is 11.1 Å². The Labute approximate surface area is 200 Å². The van der Waals surface area contributed by atoms with Crippen molar-refractivity contribution in [3.63, 3.8) is 0 Å². The summed E-state index contributed by atoms with van der Waals surface area (Å²) >= 11 is 0. The lowest BCUT2D eigenvalue weighted by Gasteiger charge is -2.17. The highest BCUT2D eigenvalue weighted by Crippen LogP contribution is 2.52. The zero-order valence-corrected chi connectivity index (χ0v) is 19.2. The van der Waals surface area contributed by atoms with E-state index in [2.05, 4.69) is 25.1 Å². The predicted molar refractivity (Wildman–Crippen MR) is 124 cm³/mol. The summed E-state index contributed by atoms with van der Waals surface area (Å²) in [6.07, 6.45) is -2.53. The SMILES string of the molecule is CC(=O)NCc1ccc(-c2nc(NC(=O)C3(c4ccc5c(c4)OC(F)(F)O5)CC3)ccc2C)cc1. The average molecular weight is 479 g/mol. The van der Waals surface area contributed by atoms with E-state index in [4.69, 9.17) is 0 Å². The Hall–Kier alpha value is -4.01. The molecule has 2 amide bonds. The Morgan fingerprint density at radius 2 is 1.71 bits per heavy atom. The number of aromatic nitrogens is 1. The number of halogens is 2. The van der Waals surface area contributed by atoms with Crippen LogP contribution >= 0.6 is 0 Å². The van der Waals surface area contributed by atoms with E-state index in [-0.39, 0.29) is 23.3 Å². The first-order valence-electron chi connectivity index (χ1n) is 11.2. The highest BCUT2D eigenvalue weighted by molar-refractivity contribution is 6.01. The molecule has 1 aromatic heterocycles. The standard InChI is InChI=1S/C26H23F2N3O4/c1-15-3-10-22(30-23(15)18-6-4-17(5-7-18)14-29-16(2)32)31-24(33)25(11-12-25)19-8-9-20-21(13-19)35-26(27,28)34-20/h3-10,13H,11-12,14H2,1-2H3,(H,29,32)(H,30,31,33). The Morgan fingerprint density at radius 1 is 1.00 bits per heavy atom. The van der Waals surface area contributed by atoms with Gasteiger partial charge in [0.15, 0.2) is 11.5 Å². The van der Waals surface area contributed by atoms with Gasteiger partial charge in [-0.05, 0) is 54.7 Å². The topological polar surface area (TPSA) is 89.6 Å². The fraction of sp³-hybridized carbons (Fsp3) is 0.269. The molecule has 0 atom stereocenters. The van der Waals surface area contributed by atoms with Gasteiger partial charge in [-0.15, -0.1) is 8.78 Å². The third-order valence-corrected chi connectivity index (χ3v) is 6.25. The monoisotopic (exact) mass is 479 g/mol. The van der Waals surface area contributed by atoms with Crippen LogP contribution in [0, 0.1) is 6.92 Å². The van der Waals surface area contributed by atoms with Crippen LogP contribution in [0.3, 0.4) is 0 Å². The summed E-state index contributed by atoms with van der Waals surface area (Å²) in [5.41, 5.74) is 3.27. The van der Waals surface area contributed by atoms with Crippen LogP contribution in [-0.4, -0.2) is 23.1 Å². The summed E-state index contributed by atoms with van der Waals surface area (Å²) in [5.74, 6) is -0.0816. The molecule has 35 heavy (non-hydrogen) atoms. The minimum absolute atomic E-state index is 0.0529. The van der Waals surface area contributed by atoms with E-state index in [0.29, 0.717) is 30.8 Å². The second-order valence-electron chi connectivity index (χ2n) is 8.83. The Kier molecular flexibility index (Phi) is 5.42. The number of hydrogen-bond acceptors (Lipinski definition) is 5. The zero-order chi connectivity index (χ0) is 24.8. The van der Waals surface area contributed by atoms with Gasteiger partial charge in [0.2, 0.25) is 11.8 Å². The van der Waals surface area contributed by atoms with E-state index in [1.165, 1.54) is 19.1 Å². The largest absolute Gasteiger partial charge is 0.586 e. The van der Waals surface area contributed by atoms with E-state index in [0.717, 1.165) is 22.4 Å². The van der Waals surface area contributed by atoms with Gasteiger partial charge in [-0.1, -0.05) is 36.4 Å². The second kappa shape index (κ2) is 8.33. The first kappa shape index (κ1) is 22.8. The molecule has 0 radical (unpaired) electrons. The molecule has 0 unspecified atom stereocenters. The lowest BCUT2D eigenvalue weighted by Crippen LogP contribution is -2.28. The van der Waals surface area contributed by atoms with Crippen molar-refractivity contribution in [2.75, 3.05) is 5.32 Å². The second-order valence-corrected chi connectivity index (χ2v) is 8.83. The third kappa shape index (κ3) is 4.53. The van der Waals surface area contributed by atoms with Crippen molar-refractivity contribution in [3.8, 4) is 22.8 Å². The number of rotatable bonds is 6. The molecule has 0 bridgehead atoms. The molecule has 2 heterocycles. The van der Waals surface area contributed by atoms with Gasteiger partial charge in [-0.25, -0.2) is 4.98 Å². The number of nitrogens with one attached hydrogen (secondary N) is 2. The predicted octanol–water partition coefficient (Wildman–Crippen LogP) is 4.68. The molecule has 5 rings (SSSR count). The number of hydrogen-bond donors (Lipinski definition) is 2. The summed E-state index contributed by atoms with van der Waals surface area (Å²) < 4.78 is 35.8. The van der Waals surface area contributed by atoms with E-state index in [9.17, 15) is 18.4 Å². The minimum atomic E-state index is -3.70. The van der Waals surface area contributed by atoms with Crippen molar-refractivity contribution in [2.45, 2.75) is 44.9 Å². The molecular formula is C26H23F2N3O4. The maximum absolute atomic E-state index is 13.4. The molecule has 2 aliphatic rings. The third-order valence-electron chi connectivity index (χ3n) is 6.25. The van der Waals surface area contributed by atoms with Crippen LogP contribution in [0.4, 0.5) is 14.6 Å². The molecular weight excluding hydrogens is 456 g/mol. The first-order chi connectivity index (χ1) is 16.6. The summed E-state index contributed by atoms with van der Waals surface area (Å²) in [6.45, 7) is 3.85. The number of carbonyl (C=O) groups excluding carboxylic acids is 2. The number of ether oxygens (including phenoxy) is 2. The number of pyridine rings is 1. The average Bonchev–Trinajstić information content (AvgIpc) is 3.56. The number of carbonyl (C=O) groups is 2. The molecule has 1 aliphatic carbocycles. The lowest BCUT2D eigenvalue weighted by atomic mass is 9.94. The van der Waals surface area contributed by atoms with Crippen LogP contribution in [0.2, 0.25) is 0 Å². The molecule has 2 N–H and O–H groups in total. The number of fused-ring (bicyclic) bond motifs is 1. The number of amides is 2. The van der Waals surface area contributed by atoms with Crippen LogP contribution in [0.25, 0.3) is 11.3 Å². The Morgan fingerprint density at radius 3 is 2.40 bits per heavy atom. The molecule has 2 aromatic carbocycles. The van der Waals surface area contributed by atoms with E-state index >= 15 is 0 Å². The summed E-state index contributed by atoms with van der Waals surface area (Å²) in [4.78, 5) is 29.0. The normalized spacial score (nSPS) is 16.5. The summed E-state index contributed by atoms with van der Waals surface area (Å²) in [5, 5.41) is 5.65. The quantitative estimate of drug-likeness (QED) is 0.536. The highest BCUT2D eigenvalue weighted by Gasteiger charge is 2.53. The van der Waals surface area contributed by atoms with Crippen LogP contribution in [-0.2, 0) is 21.5 Å². The Balaban J connectivity index is 1.34. The molecule has 3 aromatic rings. The summed E-state index contributed by atoms with van der Waals surface area (Å²) in [7, 11) is 0. The fourth-order valence-corrected chi connectivity index (χ4v) is 4.15. The molecule has 1 fully saturated rings.